The number of carbonyl (C=O) groups is 2. The Balaban J connectivity index is 0. The maximum atomic E-state index is 11.8. The van der Waals surface area contributed by atoms with Gasteiger partial charge in [-0.3, -0.25) is 4.39 Å². The van der Waals surface area contributed by atoms with Crippen LogP contribution >= 0.6 is 0 Å². The highest BCUT2D eigenvalue weighted by Crippen LogP contribution is 2.35. The number of alkyl halides is 7. The van der Waals surface area contributed by atoms with E-state index >= 15 is 0 Å². The molecule has 0 aromatic heterocycles. The fraction of sp³-hybridized carbons (Fsp3) is 0.600. The van der Waals surface area contributed by atoms with E-state index in [2.05, 4.69) is 17.9 Å². The lowest BCUT2D eigenvalue weighted by atomic mass is 10.3. The second-order valence-corrected chi connectivity index (χ2v) is 4.96. The van der Waals surface area contributed by atoms with Crippen LogP contribution in [-0.4, -0.2) is 43.7 Å². The lowest BCUT2D eigenvalue weighted by molar-refractivity contribution is -0.312. The molecule has 26 heavy (non-hydrogen) atoms. The lowest BCUT2D eigenvalue weighted by Gasteiger charge is -2.22. The topological polar surface area (TPSA) is 52.6 Å². The van der Waals surface area contributed by atoms with E-state index in [9.17, 15) is 40.3 Å². The van der Waals surface area contributed by atoms with Crippen molar-refractivity contribution in [2.45, 2.75) is 45.1 Å². The predicted molar refractivity (Wildman–Crippen MR) is 77.8 cm³/mol. The Morgan fingerprint density at radius 1 is 0.885 bits per heavy atom. The number of carbonyl (C=O) groups excluding carboxylic acids is 2. The fourth-order valence-corrected chi connectivity index (χ4v) is 1.01. The first-order chi connectivity index (χ1) is 11.6. The molecule has 0 aliphatic carbocycles. The molecular formula is C15H19F7O4. The van der Waals surface area contributed by atoms with E-state index in [1.807, 2.05) is 0 Å². The molecule has 0 spiro atoms. The van der Waals surface area contributed by atoms with Gasteiger partial charge in [-0.15, -0.1) is 0 Å². The van der Waals surface area contributed by atoms with Crippen LogP contribution in [0.2, 0.25) is 0 Å². The number of ether oxygens (including phenoxy) is 2. The Hall–Kier alpha value is -2.07. The molecule has 4 nitrogen and oxygen atoms in total. The number of halogens is 7. The molecule has 0 fully saturated rings. The van der Waals surface area contributed by atoms with E-state index < -0.39 is 36.0 Å². The number of unbranched alkanes of at least 4 members (excludes halogenated alkanes) is 1. The predicted octanol–water partition coefficient (Wildman–Crippen LogP) is 4.45. The van der Waals surface area contributed by atoms with Crippen molar-refractivity contribution in [2.75, 3.05) is 13.3 Å². The third-order valence-corrected chi connectivity index (χ3v) is 2.28. The van der Waals surface area contributed by atoms with Gasteiger partial charge in [-0.2, -0.15) is 26.3 Å². The van der Waals surface area contributed by atoms with Gasteiger partial charge in [-0.1, -0.05) is 13.2 Å². The molecule has 0 saturated heterocycles. The van der Waals surface area contributed by atoms with Gasteiger partial charge >= 0.3 is 24.3 Å². The van der Waals surface area contributed by atoms with Crippen molar-refractivity contribution >= 4 is 11.9 Å². The second-order valence-electron chi connectivity index (χ2n) is 4.96. The van der Waals surface area contributed by atoms with Gasteiger partial charge in [-0.05, 0) is 26.7 Å². The van der Waals surface area contributed by atoms with Crippen LogP contribution < -0.4 is 0 Å². The average molecular weight is 396 g/mol. The largest absolute Gasteiger partial charge is 0.462 e. The zero-order chi connectivity index (χ0) is 21.1. The Bertz CT molecular complexity index is 481. The first-order valence-corrected chi connectivity index (χ1v) is 7.03. The van der Waals surface area contributed by atoms with Crippen molar-refractivity contribution in [1.29, 1.82) is 0 Å². The summed E-state index contributed by atoms with van der Waals surface area (Å²) in [5.41, 5.74) is -0.168. The van der Waals surface area contributed by atoms with Crippen LogP contribution in [0.5, 0.6) is 0 Å². The minimum Gasteiger partial charge on any atom is -0.462 e. The molecule has 0 aromatic rings. The smallest absolute Gasteiger partial charge is 0.434 e. The Kier molecular flexibility index (Phi) is 11.6. The summed E-state index contributed by atoms with van der Waals surface area (Å²) < 4.78 is 90.3. The molecule has 0 saturated carbocycles. The summed E-state index contributed by atoms with van der Waals surface area (Å²) >= 11 is 0. The van der Waals surface area contributed by atoms with Gasteiger partial charge in [0.25, 0.3) is 6.10 Å². The third kappa shape index (κ3) is 12.3. The van der Waals surface area contributed by atoms with Crippen LogP contribution in [0.25, 0.3) is 0 Å². The van der Waals surface area contributed by atoms with Crippen molar-refractivity contribution in [3.05, 3.63) is 24.3 Å². The van der Waals surface area contributed by atoms with Gasteiger partial charge in [-0.25, -0.2) is 9.59 Å². The summed E-state index contributed by atoms with van der Waals surface area (Å²) in [7, 11) is 0. The van der Waals surface area contributed by atoms with Gasteiger partial charge in [0.15, 0.2) is 0 Å². The SMILES string of the molecule is C=C(C)C(=O)OC(C(F)(F)F)C(F)(F)F.C=C(C)C(=O)OCCCCF. The standard InChI is InChI=1S/C8H13FO2.C7H6F6O2/c1-7(2)8(10)11-6-4-3-5-9;1-3(2)4(14)15-5(6(8,9)10)7(11,12)13/h1,3-6H2,2H3;5H,1H2,2H3. The van der Waals surface area contributed by atoms with E-state index in [1.54, 1.807) is 6.92 Å². The highest BCUT2D eigenvalue weighted by molar-refractivity contribution is 5.87. The molecule has 0 N–H and O–H groups in total. The Morgan fingerprint density at radius 2 is 1.31 bits per heavy atom. The van der Waals surface area contributed by atoms with E-state index in [0.717, 1.165) is 6.92 Å². The maximum Gasteiger partial charge on any atom is 0.434 e. The van der Waals surface area contributed by atoms with Gasteiger partial charge in [0.05, 0.1) is 13.3 Å². The zero-order valence-corrected chi connectivity index (χ0v) is 14.1. The minimum absolute atomic E-state index is 0.287. The van der Waals surface area contributed by atoms with Crippen LogP contribution in [0.4, 0.5) is 30.7 Å². The van der Waals surface area contributed by atoms with Gasteiger partial charge in [0, 0.05) is 11.1 Å². The molecule has 0 unspecified atom stereocenters. The van der Waals surface area contributed by atoms with Crippen molar-refractivity contribution < 1.29 is 49.8 Å². The molecule has 0 atom stereocenters. The molecule has 0 aromatic carbocycles. The first-order valence-electron chi connectivity index (χ1n) is 7.03. The van der Waals surface area contributed by atoms with Crippen LogP contribution in [-0.2, 0) is 19.1 Å². The quantitative estimate of drug-likeness (QED) is 0.276. The zero-order valence-electron chi connectivity index (χ0n) is 14.1. The molecule has 0 aliphatic heterocycles. The molecule has 0 bridgehead atoms. The Morgan fingerprint density at radius 3 is 1.62 bits per heavy atom. The van der Waals surface area contributed by atoms with Crippen molar-refractivity contribution in [1.82, 2.24) is 0 Å². The number of rotatable bonds is 7. The van der Waals surface area contributed by atoms with Crippen LogP contribution in [0.3, 0.4) is 0 Å². The molecule has 152 valence electrons. The minimum atomic E-state index is -5.69. The molecule has 0 radical (unpaired) electrons. The number of esters is 2. The second kappa shape index (κ2) is 11.5. The van der Waals surface area contributed by atoms with Gasteiger partial charge < -0.3 is 9.47 Å². The molecule has 0 amide bonds. The first kappa shape index (κ1) is 26.2. The monoisotopic (exact) mass is 396 g/mol. The van der Waals surface area contributed by atoms with Crippen molar-refractivity contribution in [2.24, 2.45) is 0 Å². The molecular weight excluding hydrogens is 377 g/mol. The molecule has 0 rings (SSSR count). The summed E-state index contributed by atoms with van der Waals surface area (Å²) in [4.78, 5) is 21.2. The van der Waals surface area contributed by atoms with Crippen LogP contribution in [0.1, 0.15) is 26.7 Å². The fourth-order valence-electron chi connectivity index (χ4n) is 1.01. The van der Waals surface area contributed by atoms with E-state index in [1.165, 1.54) is 0 Å². The van der Waals surface area contributed by atoms with Crippen LogP contribution in [0.15, 0.2) is 24.3 Å². The van der Waals surface area contributed by atoms with E-state index in [-0.39, 0.29) is 13.3 Å². The third-order valence-electron chi connectivity index (χ3n) is 2.28. The van der Waals surface area contributed by atoms with Gasteiger partial charge in [0.1, 0.15) is 0 Å². The molecule has 0 aliphatic rings. The summed E-state index contributed by atoms with van der Waals surface area (Å²) in [5, 5.41) is 0. The summed E-state index contributed by atoms with van der Waals surface area (Å²) in [5.74, 6) is -2.14. The summed E-state index contributed by atoms with van der Waals surface area (Å²) in [6.07, 6.45) is -14.5. The average Bonchev–Trinajstić information content (AvgIpc) is 2.46. The van der Waals surface area contributed by atoms with E-state index in [0.29, 0.717) is 18.4 Å². The normalized spacial score (nSPS) is 11.3. The Labute approximate surface area is 145 Å². The molecule has 11 heteroatoms. The lowest BCUT2D eigenvalue weighted by Crippen LogP contribution is -2.45. The van der Waals surface area contributed by atoms with Gasteiger partial charge in [0.2, 0.25) is 0 Å². The highest BCUT2D eigenvalue weighted by atomic mass is 19.4. The van der Waals surface area contributed by atoms with Crippen molar-refractivity contribution in [3.63, 3.8) is 0 Å². The maximum absolute atomic E-state index is 11.8. The highest BCUT2D eigenvalue weighted by Gasteiger charge is 2.59. The molecule has 0 heterocycles. The summed E-state index contributed by atoms with van der Waals surface area (Å²) in [6, 6.07) is 0. The number of hydrogen-bond acceptors (Lipinski definition) is 4. The summed E-state index contributed by atoms with van der Waals surface area (Å²) in [6.45, 7) is 8.72. The van der Waals surface area contributed by atoms with E-state index in [4.69, 9.17) is 4.74 Å². The van der Waals surface area contributed by atoms with Crippen molar-refractivity contribution in [3.8, 4) is 0 Å². The van der Waals surface area contributed by atoms with Crippen LogP contribution in [0, 0.1) is 0 Å². The number of hydrogen-bond donors (Lipinski definition) is 0.